The van der Waals surface area contributed by atoms with Gasteiger partial charge in [0.05, 0.1) is 11.6 Å². The molecule has 0 aliphatic heterocycles. The third-order valence-corrected chi connectivity index (χ3v) is 3.56. The van der Waals surface area contributed by atoms with Gasteiger partial charge in [-0.15, -0.1) is 0 Å². The van der Waals surface area contributed by atoms with E-state index in [1.165, 1.54) is 29.1 Å². The summed E-state index contributed by atoms with van der Waals surface area (Å²) in [5.74, 6) is -0.313. The van der Waals surface area contributed by atoms with Gasteiger partial charge < -0.3 is 4.57 Å². The fraction of sp³-hybridized carbons (Fsp3) is 0.118. The van der Waals surface area contributed by atoms with Crippen LogP contribution in [0.4, 0.5) is 4.39 Å². The molecule has 0 atom stereocenters. The minimum absolute atomic E-state index is 0.313. The number of fused-ring (bicyclic) bond motifs is 1. The molecule has 0 radical (unpaired) electrons. The highest BCUT2D eigenvalue weighted by Crippen LogP contribution is 2.21. The molecule has 0 saturated carbocycles. The topological polar surface area (TPSA) is 28.7 Å². The zero-order chi connectivity index (χ0) is 14.1. The summed E-state index contributed by atoms with van der Waals surface area (Å²) in [7, 11) is 0. The van der Waals surface area contributed by atoms with Crippen molar-refractivity contribution in [2.24, 2.45) is 0 Å². The third kappa shape index (κ3) is 2.06. The summed E-state index contributed by atoms with van der Waals surface area (Å²) in [6, 6.07) is 14.6. The summed E-state index contributed by atoms with van der Waals surface area (Å²) in [5.41, 5.74) is 3.52. The van der Waals surface area contributed by atoms with E-state index in [9.17, 15) is 4.39 Å². The maximum Gasteiger partial charge on any atom is 0.123 e. The number of rotatable bonds is 2. The predicted octanol–water partition coefficient (Wildman–Crippen LogP) is 4.01. The van der Waals surface area contributed by atoms with E-state index in [0.29, 0.717) is 17.7 Å². The van der Waals surface area contributed by atoms with Crippen molar-refractivity contribution >= 4 is 10.9 Å². The molecule has 2 nitrogen and oxygen atoms in total. The predicted molar refractivity (Wildman–Crippen MR) is 76.9 cm³/mol. The normalized spacial score (nSPS) is 10.7. The van der Waals surface area contributed by atoms with E-state index >= 15 is 0 Å². The van der Waals surface area contributed by atoms with Crippen LogP contribution in [0.3, 0.4) is 0 Å². The van der Waals surface area contributed by atoms with E-state index in [-0.39, 0.29) is 5.82 Å². The second-order valence-corrected chi connectivity index (χ2v) is 4.86. The first kappa shape index (κ1) is 12.4. The third-order valence-electron chi connectivity index (χ3n) is 3.56. The van der Waals surface area contributed by atoms with Gasteiger partial charge >= 0.3 is 0 Å². The Labute approximate surface area is 116 Å². The van der Waals surface area contributed by atoms with Crippen molar-refractivity contribution < 1.29 is 4.39 Å². The van der Waals surface area contributed by atoms with Crippen LogP contribution in [0.5, 0.6) is 0 Å². The highest BCUT2D eigenvalue weighted by Gasteiger charge is 2.07. The quantitative estimate of drug-likeness (QED) is 0.687. The van der Waals surface area contributed by atoms with Crippen LogP contribution < -0.4 is 0 Å². The second-order valence-electron chi connectivity index (χ2n) is 4.86. The first-order valence-electron chi connectivity index (χ1n) is 6.42. The molecule has 20 heavy (non-hydrogen) atoms. The van der Waals surface area contributed by atoms with Gasteiger partial charge in [0.15, 0.2) is 0 Å². The van der Waals surface area contributed by atoms with E-state index in [1.807, 2.05) is 22.9 Å². The van der Waals surface area contributed by atoms with Gasteiger partial charge in [-0.1, -0.05) is 12.1 Å². The molecule has 0 saturated heterocycles. The summed E-state index contributed by atoms with van der Waals surface area (Å²) < 4.78 is 15.4. The van der Waals surface area contributed by atoms with Gasteiger partial charge in [0.2, 0.25) is 0 Å². The molecular weight excluding hydrogens is 251 g/mol. The van der Waals surface area contributed by atoms with Crippen molar-refractivity contribution in [2.75, 3.05) is 0 Å². The molecule has 2 aromatic carbocycles. The molecule has 0 spiro atoms. The Hall–Kier alpha value is -2.60. The zero-order valence-electron chi connectivity index (χ0n) is 11.1. The summed E-state index contributed by atoms with van der Waals surface area (Å²) in [5, 5.41) is 10.3. The fourth-order valence-corrected chi connectivity index (χ4v) is 2.50. The highest BCUT2D eigenvalue weighted by molar-refractivity contribution is 5.83. The molecule has 0 aliphatic rings. The molecule has 3 heteroatoms. The molecular formula is C17H13FN2. The smallest absolute Gasteiger partial charge is 0.123 e. The number of hydrogen-bond acceptors (Lipinski definition) is 1. The van der Waals surface area contributed by atoms with E-state index in [2.05, 4.69) is 25.1 Å². The lowest BCUT2D eigenvalue weighted by Crippen LogP contribution is -2.01. The fourth-order valence-electron chi connectivity index (χ4n) is 2.50. The lowest BCUT2D eigenvalue weighted by molar-refractivity contribution is 0.623. The maximum absolute atomic E-state index is 13.4. The number of aryl methyl sites for hydroxylation is 1. The Bertz CT molecular complexity index is 825. The van der Waals surface area contributed by atoms with Crippen LogP contribution in [0.2, 0.25) is 0 Å². The molecule has 0 bridgehead atoms. The molecule has 0 unspecified atom stereocenters. The van der Waals surface area contributed by atoms with E-state index in [0.717, 1.165) is 5.52 Å². The minimum atomic E-state index is -0.313. The SMILES string of the molecule is Cc1cccc2c1ccn2Cc1cc(F)ccc1C#N. The van der Waals surface area contributed by atoms with Gasteiger partial charge in [-0.2, -0.15) is 5.26 Å². The standard InChI is InChI=1S/C17H13FN2/c1-12-3-2-4-17-16(12)7-8-20(17)11-14-9-15(18)6-5-13(14)10-19/h2-9H,11H2,1H3. The molecule has 1 heterocycles. The number of halogens is 1. The molecule has 98 valence electrons. The van der Waals surface area contributed by atoms with Crippen molar-refractivity contribution in [3.63, 3.8) is 0 Å². The van der Waals surface area contributed by atoms with Crippen molar-refractivity contribution in [2.45, 2.75) is 13.5 Å². The van der Waals surface area contributed by atoms with Crippen LogP contribution in [0.1, 0.15) is 16.7 Å². The maximum atomic E-state index is 13.4. The first-order valence-corrected chi connectivity index (χ1v) is 6.42. The summed E-state index contributed by atoms with van der Waals surface area (Å²) in [6.07, 6.45) is 1.98. The van der Waals surface area contributed by atoms with E-state index in [4.69, 9.17) is 5.26 Å². The van der Waals surface area contributed by atoms with Gasteiger partial charge in [-0.05, 0) is 48.4 Å². The molecule has 3 rings (SSSR count). The highest BCUT2D eigenvalue weighted by atomic mass is 19.1. The van der Waals surface area contributed by atoms with Crippen molar-refractivity contribution in [1.82, 2.24) is 4.57 Å². The molecule has 0 fully saturated rings. The lowest BCUT2D eigenvalue weighted by atomic mass is 10.1. The Kier molecular flexibility index (Phi) is 3.00. The van der Waals surface area contributed by atoms with Crippen LogP contribution >= 0.6 is 0 Å². The summed E-state index contributed by atoms with van der Waals surface area (Å²) in [4.78, 5) is 0. The average Bonchev–Trinajstić information content (AvgIpc) is 2.84. The number of nitriles is 1. The average molecular weight is 264 g/mol. The van der Waals surface area contributed by atoms with Crippen LogP contribution in [-0.4, -0.2) is 4.57 Å². The summed E-state index contributed by atoms with van der Waals surface area (Å²) in [6.45, 7) is 2.56. The molecule has 0 amide bonds. The molecule has 0 aliphatic carbocycles. The van der Waals surface area contributed by atoms with Crippen LogP contribution in [0.25, 0.3) is 10.9 Å². The van der Waals surface area contributed by atoms with E-state index < -0.39 is 0 Å². The lowest BCUT2D eigenvalue weighted by Gasteiger charge is -2.08. The Morgan fingerprint density at radius 2 is 2.05 bits per heavy atom. The van der Waals surface area contributed by atoms with Crippen molar-refractivity contribution in [1.29, 1.82) is 5.26 Å². The number of nitrogens with zero attached hydrogens (tertiary/aromatic N) is 2. The van der Waals surface area contributed by atoms with Gasteiger partial charge in [-0.25, -0.2) is 4.39 Å². The van der Waals surface area contributed by atoms with Gasteiger partial charge in [0, 0.05) is 23.6 Å². The van der Waals surface area contributed by atoms with Crippen molar-refractivity contribution in [3.8, 4) is 6.07 Å². The molecule has 1 aromatic heterocycles. The molecule has 3 aromatic rings. The Morgan fingerprint density at radius 1 is 1.20 bits per heavy atom. The van der Waals surface area contributed by atoms with Crippen molar-refractivity contribution in [3.05, 3.63) is 71.2 Å². The van der Waals surface area contributed by atoms with E-state index in [1.54, 1.807) is 0 Å². The Morgan fingerprint density at radius 3 is 2.85 bits per heavy atom. The van der Waals surface area contributed by atoms with Gasteiger partial charge in [-0.3, -0.25) is 0 Å². The monoisotopic (exact) mass is 264 g/mol. The Balaban J connectivity index is 2.08. The first-order chi connectivity index (χ1) is 9.69. The minimum Gasteiger partial charge on any atom is -0.343 e. The van der Waals surface area contributed by atoms with Gasteiger partial charge in [0.25, 0.3) is 0 Å². The van der Waals surface area contributed by atoms with Crippen LogP contribution in [0.15, 0.2) is 48.7 Å². The summed E-state index contributed by atoms with van der Waals surface area (Å²) >= 11 is 0. The number of aromatic nitrogens is 1. The molecule has 0 N–H and O–H groups in total. The van der Waals surface area contributed by atoms with Crippen LogP contribution in [0, 0.1) is 24.1 Å². The van der Waals surface area contributed by atoms with Gasteiger partial charge in [0.1, 0.15) is 5.82 Å². The largest absolute Gasteiger partial charge is 0.343 e. The second kappa shape index (κ2) is 4.82. The van der Waals surface area contributed by atoms with Crippen LogP contribution in [-0.2, 0) is 6.54 Å². The number of hydrogen-bond donors (Lipinski definition) is 0. The zero-order valence-corrected chi connectivity index (χ0v) is 11.1. The number of benzene rings is 2.